The molecule has 21 heavy (non-hydrogen) atoms. The highest BCUT2D eigenvalue weighted by molar-refractivity contribution is 7.13. The Morgan fingerprint density at radius 3 is 3.19 bits per heavy atom. The summed E-state index contributed by atoms with van der Waals surface area (Å²) in [7, 11) is 0. The Hall–Kier alpha value is -1.66. The van der Waals surface area contributed by atoms with E-state index in [1.54, 1.807) is 18.3 Å². The number of hydrogen-bond acceptors (Lipinski definition) is 5. The molecular weight excluding hydrogens is 288 g/mol. The van der Waals surface area contributed by atoms with Crippen molar-refractivity contribution in [2.45, 2.75) is 19.8 Å². The Morgan fingerprint density at radius 1 is 1.57 bits per heavy atom. The van der Waals surface area contributed by atoms with Gasteiger partial charge in [-0.15, -0.1) is 11.3 Å². The Morgan fingerprint density at radius 2 is 2.48 bits per heavy atom. The van der Waals surface area contributed by atoms with Crippen molar-refractivity contribution in [3.8, 4) is 10.8 Å². The van der Waals surface area contributed by atoms with Crippen LogP contribution in [0.1, 0.15) is 29.1 Å². The fraction of sp³-hybridized carbons (Fsp3) is 0.467. The van der Waals surface area contributed by atoms with E-state index in [4.69, 9.17) is 9.15 Å². The molecule has 0 saturated carbocycles. The van der Waals surface area contributed by atoms with Crippen molar-refractivity contribution in [2.75, 3.05) is 19.8 Å². The van der Waals surface area contributed by atoms with Crippen LogP contribution in [-0.2, 0) is 4.74 Å². The molecule has 1 amide bonds. The van der Waals surface area contributed by atoms with Gasteiger partial charge in [-0.2, -0.15) is 0 Å². The molecule has 1 N–H and O–H groups in total. The van der Waals surface area contributed by atoms with Crippen LogP contribution in [0.3, 0.4) is 0 Å². The van der Waals surface area contributed by atoms with Gasteiger partial charge in [0.2, 0.25) is 5.89 Å². The zero-order valence-electron chi connectivity index (χ0n) is 11.9. The molecule has 0 bridgehead atoms. The zero-order chi connectivity index (χ0) is 14.7. The van der Waals surface area contributed by atoms with Crippen LogP contribution in [0.2, 0.25) is 0 Å². The number of carbonyl (C=O) groups excluding carboxylic acids is 1. The summed E-state index contributed by atoms with van der Waals surface area (Å²) in [4.78, 5) is 17.5. The summed E-state index contributed by atoms with van der Waals surface area (Å²) >= 11 is 1.54. The molecule has 1 atom stereocenters. The van der Waals surface area contributed by atoms with Gasteiger partial charge in [0.25, 0.3) is 5.91 Å². The maximum absolute atomic E-state index is 12.2. The van der Waals surface area contributed by atoms with Crippen LogP contribution in [-0.4, -0.2) is 30.6 Å². The van der Waals surface area contributed by atoms with Gasteiger partial charge >= 0.3 is 0 Å². The second-order valence-corrected chi connectivity index (χ2v) is 6.14. The Kier molecular flexibility index (Phi) is 4.36. The second-order valence-electron chi connectivity index (χ2n) is 5.19. The van der Waals surface area contributed by atoms with Crippen molar-refractivity contribution in [3.05, 3.63) is 29.0 Å². The second kappa shape index (κ2) is 6.41. The van der Waals surface area contributed by atoms with Gasteiger partial charge in [-0.1, -0.05) is 6.07 Å². The predicted octanol–water partition coefficient (Wildman–Crippen LogP) is 2.87. The third-order valence-corrected chi connectivity index (χ3v) is 4.41. The van der Waals surface area contributed by atoms with Crippen LogP contribution in [0.4, 0.5) is 0 Å². The lowest BCUT2D eigenvalue weighted by atomic mass is 10.0. The molecule has 1 saturated heterocycles. The Balaban J connectivity index is 1.64. The summed E-state index contributed by atoms with van der Waals surface area (Å²) in [6.07, 6.45) is 2.16. The van der Waals surface area contributed by atoms with E-state index in [2.05, 4.69) is 10.3 Å². The molecule has 0 aliphatic carbocycles. The molecule has 0 unspecified atom stereocenters. The number of nitrogens with one attached hydrogen (secondary N) is 1. The number of amides is 1. The summed E-state index contributed by atoms with van der Waals surface area (Å²) in [6, 6.07) is 3.86. The summed E-state index contributed by atoms with van der Waals surface area (Å²) in [5, 5.41) is 4.89. The van der Waals surface area contributed by atoms with E-state index in [9.17, 15) is 4.79 Å². The minimum atomic E-state index is -0.176. The van der Waals surface area contributed by atoms with Crippen molar-refractivity contribution in [3.63, 3.8) is 0 Å². The van der Waals surface area contributed by atoms with Crippen molar-refractivity contribution < 1.29 is 13.9 Å². The van der Waals surface area contributed by atoms with Crippen molar-refractivity contribution in [1.82, 2.24) is 10.3 Å². The van der Waals surface area contributed by atoms with Gasteiger partial charge in [-0.25, -0.2) is 4.98 Å². The first-order valence-electron chi connectivity index (χ1n) is 7.11. The molecule has 112 valence electrons. The maximum atomic E-state index is 12.2. The molecule has 0 aromatic carbocycles. The van der Waals surface area contributed by atoms with Gasteiger partial charge in [0, 0.05) is 13.2 Å². The summed E-state index contributed by atoms with van der Waals surface area (Å²) in [5.41, 5.74) is 0.370. The van der Waals surface area contributed by atoms with Crippen LogP contribution in [0.25, 0.3) is 10.8 Å². The first-order chi connectivity index (χ1) is 10.2. The predicted molar refractivity (Wildman–Crippen MR) is 80.4 cm³/mol. The molecule has 1 aliphatic heterocycles. The number of nitrogens with zero attached hydrogens (tertiary/aromatic N) is 1. The van der Waals surface area contributed by atoms with Gasteiger partial charge in [-0.05, 0) is 37.1 Å². The first-order valence-corrected chi connectivity index (χ1v) is 7.99. The molecule has 5 nitrogen and oxygen atoms in total. The van der Waals surface area contributed by atoms with Crippen LogP contribution >= 0.6 is 11.3 Å². The summed E-state index contributed by atoms with van der Waals surface area (Å²) in [5.74, 6) is 1.28. The molecule has 2 aromatic rings. The minimum Gasteiger partial charge on any atom is -0.440 e. The minimum absolute atomic E-state index is 0.176. The van der Waals surface area contributed by atoms with Crippen molar-refractivity contribution in [2.24, 2.45) is 5.92 Å². The lowest BCUT2D eigenvalue weighted by molar-refractivity contribution is 0.0535. The number of aryl methyl sites for hydroxylation is 1. The Bertz CT molecular complexity index is 600. The normalized spacial score (nSPS) is 18.6. The highest BCUT2D eigenvalue weighted by atomic mass is 32.1. The van der Waals surface area contributed by atoms with E-state index in [0.717, 1.165) is 30.9 Å². The lowest BCUT2D eigenvalue weighted by Gasteiger charge is -2.21. The smallest absolute Gasteiger partial charge is 0.273 e. The molecule has 6 heteroatoms. The van der Waals surface area contributed by atoms with Crippen LogP contribution in [0.5, 0.6) is 0 Å². The fourth-order valence-corrected chi connectivity index (χ4v) is 3.05. The SMILES string of the molecule is Cc1oc(-c2cccs2)nc1C(=O)NC[C@@H]1CCCOC1. The highest BCUT2D eigenvalue weighted by Crippen LogP contribution is 2.25. The van der Waals surface area contributed by atoms with E-state index in [0.29, 0.717) is 29.8 Å². The number of rotatable bonds is 4. The number of oxazole rings is 1. The number of carbonyl (C=O) groups is 1. The van der Waals surface area contributed by atoms with E-state index < -0.39 is 0 Å². The zero-order valence-corrected chi connectivity index (χ0v) is 12.7. The van der Waals surface area contributed by atoms with E-state index in [1.165, 1.54) is 0 Å². The molecule has 0 spiro atoms. The van der Waals surface area contributed by atoms with Gasteiger partial charge in [0.1, 0.15) is 5.76 Å². The molecule has 3 heterocycles. The standard InChI is InChI=1S/C15H18N2O3S/c1-10-13(17-15(20-10)12-5-3-7-21-12)14(18)16-8-11-4-2-6-19-9-11/h3,5,7,11H,2,4,6,8-9H2,1H3,(H,16,18)/t11-/m0/s1. The van der Waals surface area contributed by atoms with E-state index in [-0.39, 0.29) is 5.91 Å². The van der Waals surface area contributed by atoms with Crippen molar-refractivity contribution in [1.29, 1.82) is 0 Å². The average Bonchev–Trinajstić information content (AvgIpc) is 3.15. The third kappa shape index (κ3) is 3.33. The highest BCUT2D eigenvalue weighted by Gasteiger charge is 2.20. The van der Waals surface area contributed by atoms with Crippen LogP contribution in [0, 0.1) is 12.8 Å². The third-order valence-electron chi connectivity index (χ3n) is 3.55. The lowest BCUT2D eigenvalue weighted by Crippen LogP contribution is -2.33. The quantitative estimate of drug-likeness (QED) is 0.943. The van der Waals surface area contributed by atoms with E-state index in [1.807, 2.05) is 17.5 Å². The maximum Gasteiger partial charge on any atom is 0.273 e. The van der Waals surface area contributed by atoms with Gasteiger partial charge < -0.3 is 14.5 Å². The summed E-state index contributed by atoms with van der Waals surface area (Å²) < 4.78 is 11.0. The molecule has 0 radical (unpaired) electrons. The van der Waals surface area contributed by atoms with Crippen molar-refractivity contribution >= 4 is 17.2 Å². The average molecular weight is 306 g/mol. The molecule has 3 rings (SSSR count). The number of ether oxygens (including phenoxy) is 1. The topological polar surface area (TPSA) is 64.4 Å². The van der Waals surface area contributed by atoms with Gasteiger partial charge in [0.05, 0.1) is 11.5 Å². The number of hydrogen-bond donors (Lipinski definition) is 1. The number of thiophene rings is 1. The fourth-order valence-electron chi connectivity index (χ4n) is 2.40. The van der Waals surface area contributed by atoms with Crippen LogP contribution in [0.15, 0.2) is 21.9 Å². The Labute approximate surface area is 127 Å². The van der Waals surface area contributed by atoms with Crippen LogP contribution < -0.4 is 5.32 Å². The van der Waals surface area contributed by atoms with E-state index >= 15 is 0 Å². The number of aromatic nitrogens is 1. The first kappa shape index (κ1) is 14.3. The molecule has 1 aliphatic rings. The van der Waals surface area contributed by atoms with Gasteiger partial charge in [0.15, 0.2) is 5.69 Å². The largest absolute Gasteiger partial charge is 0.440 e. The summed E-state index contributed by atoms with van der Waals surface area (Å²) in [6.45, 7) is 3.94. The monoisotopic (exact) mass is 306 g/mol. The molecular formula is C15H18N2O3S. The molecule has 1 fully saturated rings. The molecule has 2 aromatic heterocycles. The van der Waals surface area contributed by atoms with Gasteiger partial charge in [-0.3, -0.25) is 4.79 Å².